The lowest BCUT2D eigenvalue weighted by Crippen LogP contribution is -2.18. The molecule has 1 aromatic heterocycles. The fraction of sp³-hybridized carbons (Fsp3) is 0.308. The second-order valence-corrected chi connectivity index (χ2v) is 4.76. The number of benzene rings is 1. The molecule has 3 N–H and O–H groups in total. The topological polar surface area (TPSA) is 97.8 Å². The fourth-order valence-electron chi connectivity index (χ4n) is 1.76. The summed E-state index contributed by atoms with van der Waals surface area (Å²) in [4.78, 5) is 17.7. The average Bonchev–Trinajstić information content (AvgIpc) is 2.87. The van der Waals surface area contributed by atoms with E-state index in [1.54, 1.807) is 18.3 Å². The number of rotatable bonds is 4. The van der Waals surface area contributed by atoms with Crippen molar-refractivity contribution < 1.29 is 4.92 Å². The molecule has 1 unspecified atom stereocenters. The molecule has 0 saturated heterocycles. The van der Waals surface area contributed by atoms with E-state index >= 15 is 0 Å². The largest absolute Gasteiger partial charge is 0.341 e. The number of hydrogen-bond acceptors (Lipinski definition) is 4. The van der Waals surface area contributed by atoms with Gasteiger partial charge < -0.3 is 10.7 Å². The van der Waals surface area contributed by atoms with E-state index in [2.05, 4.69) is 9.97 Å². The highest BCUT2D eigenvalue weighted by atomic mass is 16.6. The van der Waals surface area contributed by atoms with Crippen LogP contribution in [0.15, 0.2) is 30.5 Å². The van der Waals surface area contributed by atoms with Gasteiger partial charge in [-0.15, -0.1) is 0 Å². The second kappa shape index (κ2) is 5.19. The second-order valence-electron chi connectivity index (χ2n) is 4.76. The van der Waals surface area contributed by atoms with Crippen molar-refractivity contribution in [2.75, 3.05) is 0 Å². The minimum atomic E-state index is -0.416. The van der Waals surface area contributed by atoms with Gasteiger partial charge in [0.05, 0.1) is 22.9 Å². The van der Waals surface area contributed by atoms with E-state index in [-0.39, 0.29) is 17.6 Å². The number of H-pyrrole nitrogens is 1. The Labute approximate surface area is 110 Å². The smallest absolute Gasteiger partial charge is 0.270 e. The van der Waals surface area contributed by atoms with Crippen molar-refractivity contribution in [2.45, 2.75) is 19.9 Å². The number of non-ortho nitro benzene ring substituents is 1. The van der Waals surface area contributed by atoms with E-state index < -0.39 is 4.92 Å². The quantitative estimate of drug-likeness (QED) is 0.652. The molecule has 0 saturated carbocycles. The Balaban J connectivity index is 2.33. The summed E-state index contributed by atoms with van der Waals surface area (Å²) in [5, 5.41) is 10.7. The molecule has 2 aromatic rings. The summed E-state index contributed by atoms with van der Waals surface area (Å²) in [6, 6.07) is 6.24. The van der Waals surface area contributed by atoms with Gasteiger partial charge in [-0.3, -0.25) is 10.1 Å². The van der Waals surface area contributed by atoms with E-state index in [1.807, 2.05) is 13.8 Å². The molecule has 2 rings (SSSR count). The van der Waals surface area contributed by atoms with Crippen LogP contribution in [0.5, 0.6) is 0 Å². The molecule has 0 radical (unpaired) electrons. The van der Waals surface area contributed by atoms with Crippen LogP contribution in [-0.2, 0) is 0 Å². The van der Waals surface area contributed by atoms with Gasteiger partial charge in [0.2, 0.25) is 0 Å². The summed E-state index contributed by atoms with van der Waals surface area (Å²) in [6.45, 7) is 4.03. The van der Waals surface area contributed by atoms with Gasteiger partial charge in [-0.05, 0) is 5.92 Å². The van der Waals surface area contributed by atoms with Crippen molar-refractivity contribution in [1.82, 2.24) is 9.97 Å². The lowest BCUT2D eigenvalue weighted by atomic mass is 10.1. The third kappa shape index (κ3) is 2.79. The highest BCUT2D eigenvalue weighted by Gasteiger charge is 2.15. The van der Waals surface area contributed by atoms with Gasteiger partial charge in [0, 0.05) is 17.7 Å². The van der Waals surface area contributed by atoms with Crippen LogP contribution in [0.1, 0.15) is 25.7 Å². The van der Waals surface area contributed by atoms with Crippen molar-refractivity contribution in [3.05, 3.63) is 46.4 Å². The molecule has 0 aliphatic heterocycles. The number of aromatic nitrogens is 2. The summed E-state index contributed by atoms with van der Waals surface area (Å²) >= 11 is 0. The highest BCUT2D eigenvalue weighted by molar-refractivity contribution is 5.62. The normalized spacial score (nSPS) is 12.6. The van der Waals surface area contributed by atoms with Crippen LogP contribution < -0.4 is 5.73 Å². The zero-order valence-electron chi connectivity index (χ0n) is 10.8. The summed E-state index contributed by atoms with van der Waals surface area (Å²) in [5.41, 5.74) is 7.52. The van der Waals surface area contributed by atoms with Crippen molar-refractivity contribution in [3.8, 4) is 11.3 Å². The Morgan fingerprint density at radius 2 is 2.16 bits per heavy atom. The van der Waals surface area contributed by atoms with Crippen LogP contribution in [0.4, 0.5) is 5.69 Å². The third-order valence-corrected chi connectivity index (χ3v) is 3.00. The Morgan fingerprint density at radius 3 is 2.79 bits per heavy atom. The summed E-state index contributed by atoms with van der Waals surface area (Å²) in [7, 11) is 0. The molecule has 0 aliphatic carbocycles. The average molecular weight is 260 g/mol. The van der Waals surface area contributed by atoms with Crippen LogP contribution in [-0.4, -0.2) is 14.9 Å². The predicted octanol–water partition coefficient (Wildman–Crippen LogP) is 2.64. The van der Waals surface area contributed by atoms with E-state index in [0.717, 1.165) is 11.3 Å². The number of nitrogens with zero attached hydrogens (tertiary/aromatic N) is 2. The fourth-order valence-corrected chi connectivity index (χ4v) is 1.76. The maximum atomic E-state index is 10.7. The number of nitro groups is 1. The zero-order chi connectivity index (χ0) is 14.0. The zero-order valence-corrected chi connectivity index (χ0v) is 10.8. The maximum Gasteiger partial charge on any atom is 0.270 e. The summed E-state index contributed by atoms with van der Waals surface area (Å²) in [5.74, 6) is 0.959. The van der Waals surface area contributed by atoms with Crippen molar-refractivity contribution >= 4 is 5.69 Å². The van der Waals surface area contributed by atoms with Gasteiger partial charge in [-0.2, -0.15) is 0 Å². The maximum absolute atomic E-state index is 10.7. The number of hydrogen-bond donors (Lipinski definition) is 2. The molecule has 0 fully saturated rings. The molecule has 100 valence electrons. The first kappa shape index (κ1) is 13.2. The van der Waals surface area contributed by atoms with Crippen LogP contribution in [0, 0.1) is 16.0 Å². The SMILES string of the molecule is CC(C)C(N)c1ncc(-c2cccc([N+](=O)[O-])c2)[nH]1. The van der Waals surface area contributed by atoms with Crippen LogP contribution >= 0.6 is 0 Å². The Bertz CT molecular complexity index is 592. The third-order valence-electron chi connectivity index (χ3n) is 3.00. The first-order valence-corrected chi connectivity index (χ1v) is 6.04. The minimum absolute atomic E-state index is 0.0572. The molecule has 19 heavy (non-hydrogen) atoms. The van der Waals surface area contributed by atoms with Crippen molar-refractivity contribution in [2.24, 2.45) is 11.7 Å². The molecule has 1 atom stereocenters. The monoisotopic (exact) mass is 260 g/mol. The van der Waals surface area contributed by atoms with Crippen LogP contribution in [0.2, 0.25) is 0 Å². The van der Waals surface area contributed by atoms with Gasteiger partial charge in [-0.25, -0.2) is 4.98 Å². The molecule has 0 bridgehead atoms. The highest BCUT2D eigenvalue weighted by Crippen LogP contribution is 2.24. The van der Waals surface area contributed by atoms with Gasteiger partial charge in [0.15, 0.2) is 0 Å². The standard InChI is InChI=1S/C13H16N4O2/c1-8(2)12(14)13-15-7-11(16-13)9-4-3-5-10(6-9)17(18)19/h3-8,12H,14H2,1-2H3,(H,15,16). The van der Waals surface area contributed by atoms with Gasteiger partial charge >= 0.3 is 0 Å². The molecular formula is C13H16N4O2. The number of nitrogens with one attached hydrogen (secondary N) is 1. The Hall–Kier alpha value is -2.21. The summed E-state index contributed by atoms with van der Waals surface area (Å²) < 4.78 is 0. The van der Waals surface area contributed by atoms with E-state index in [4.69, 9.17) is 5.73 Å². The lowest BCUT2D eigenvalue weighted by molar-refractivity contribution is -0.384. The molecule has 1 heterocycles. The van der Waals surface area contributed by atoms with E-state index in [9.17, 15) is 10.1 Å². The van der Waals surface area contributed by atoms with E-state index in [1.165, 1.54) is 12.1 Å². The van der Waals surface area contributed by atoms with Crippen molar-refractivity contribution in [3.63, 3.8) is 0 Å². The number of nitro benzene ring substituents is 1. The first-order valence-electron chi connectivity index (χ1n) is 6.04. The van der Waals surface area contributed by atoms with Crippen molar-refractivity contribution in [1.29, 1.82) is 0 Å². The number of nitrogens with two attached hydrogens (primary N) is 1. The predicted molar refractivity (Wildman–Crippen MR) is 72.4 cm³/mol. The molecular weight excluding hydrogens is 244 g/mol. The molecule has 0 amide bonds. The molecule has 0 aliphatic rings. The lowest BCUT2D eigenvalue weighted by Gasteiger charge is -2.12. The number of imidazole rings is 1. The molecule has 6 heteroatoms. The Kier molecular flexibility index (Phi) is 3.62. The Morgan fingerprint density at radius 1 is 1.42 bits per heavy atom. The molecule has 6 nitrogen and oxygen atoms in total. The number of aromatic amines is 1. The molecule has 1 aromatic carbocycles. The minimum Gasteiger partial charge on any atom is -0.341 e. The van der Waals surface area contributed by atoms with Crippen LogP contribution in [0.25, 0.3) is 11.3 Å². The van der Waals surface area contributed by atoms with Gasteiger partial charge in [0.1, 0.15) is 5.82 Å². The summed E-state index contributed by atoms with van der Waals surface area (Å²) in [6.07, 6.45) is 1.65. The van der Waals surface area contributed by atoms with E-state index in [0.29, 0.717) is 5.82 Å². The first-order chi connectivity index (χ1) is 8.99. The van der Waals surface area contributed by atoms with Crippen LogP contribution in [0.3, 0.4) is 0 Å². The molecule has 0 spiro atoms. The van der Waals surface area contributed by atoms with Gasteiger partial charge in [0.25, 0.3) is 5.69 Å². The van der Waals surface area contributed by atoms with Gasteiger partial charge in [-0.1, -0.05) is 26.0 Å².